The van der Waals surface area contributed by atoms with Gasteiger partial charge in [-0.3, -0.25) is 5.10 Å². The van der Waals surface area contributed by atoms with Gasteiger partial charge in [-0.15, -0.1) is 11.3 Å². The highest BCUT2D eigenvalue weighted by Gasteiger charge is 2.15. The lowest BCUT2D eigenvalue weighted by Crippen LogP contribution is -1.92. The second-order valence-electron chi connectivity index (χ2n) is 5.33. The maximum atomic E-state index is 11.7. The lowest BCUT2D eigenvalue weighted by atomic mass is 10.0. The van der Waals surface area contributed by atoms with Crippen molar-refractivity contribution in [1.29, 1.82) is 0 Å². The van der Waals surface area contributed by atoms with Crippen LogP contribution in [-0.2, 0) is 9.84 Å². The quantitative estimate of drug-likeness (QED) is 0.609. The van der Waals surface area contributed by atoms with Crippen LogP contribution in [0.2, 0.25) is 0 Å². The van der Waals surface area contributed by atoms with Gasteiger partial charge in [0.25, 0.3) is 0 Å². The summed E-state index contributed by atoms with van der Waals surface area (Å²) in [5.41, 5.74) is 3.49. The number of aromatic nitrogens is 4. The Kier molecular flexibility index (Phi) is 3.43. The van der Waals surface area contributed by atoms with E-state index in [9.17, 15) is 8.42 Å². The van der Waals surface area contributed by atoms with Gasteiger partial charge in [0, 0.05) is 23.4 Å². The molecule has 0 aliphatic heterocycles. The minimum Gasteiger partial charge on any atom is -0.285 e. The SMILES string of the molecule is CS(=O)(=O)c1ccc(-c2ncnc3ccc(-c4cn[nH]c4)cc23)s1. The molecule has 0 bridgehead atoms. The zero-order valence-corrected chi connectivity index (χ0v) is 14.2. The number of sulfone groups is 1. The summed E-state index contributed by atoms with van der Waals surface area (Å²) in [4.78, 5) is 9.47. The number of H-pyrrole nitrogens is 1. The number of fused-ring (bicyclic) bond motifs is 1. The minimum atomic E-state index is -3.22. The van der Waals surface area contributed by atoms with E-state index in [1.54, 1.807) is 18.3 Å². The van der Waals surface area contributed by atoms with Gasteiger partial charge in [0.1, 0.15) is 10.5 Å². The third kappa shape index (κ3) is 2.59. The Morgan fingerprint density at radius 3 is 2.67 bits per heavy atom. The summed E-state index contributed by atoms with van der Waals surface area (Å²) in [5, 5.41) is 7.64. The van der Waals surface area contributed by atoms with Crippen molar-refractivity contribution in [3.05, 3.63) is 49.1 Å². The maximum Gasteiger partial charge on any atom is 0.184 e. The van der Waals surface area contributed by atoms with Crippen LogP contribution in [0.1, 0.15) is 0 Å². The molecule has 4 rings (SSSR count). The third-order valence-corrected chi connectivity index (χ3v) is 6.56. The van der Waals surface area contributed by atoms with E-state index in [0.29, 0.717) is 4.21 Å². The second kappa shape index (κ2) is 5.50. The molecule has 0 spiro atoms. The van der Waals surface area contributed by atoms with Crippen molar-refractivity contribution < 1.29 is 8.42 Å². The summed E-state index contributed by atoms with van der Waals surface area (Å²) in [6.45, 7) is 0. The van der Waals surface area contributed by atoms with Crippen molar-refractivity contribution in [3.8, 4) is 21.7 Å². The summed E-state index contributed by atoms with van der Waals surface area (Å²) >= 11 is 1.21. The van der Waals surface area contributed by atoms with Crippen LogP contribution in [0.4, 0.5) is 0 Å². The van der Waals surface area contributed by atoms with E-state index in [-0.39, 0.29) is 0 Å². The molecule has 0 saturated heterocycles. The van der Waals surface area contributed by atoms with Gasteiger partial charge in [-0.05, 0) is 29.8 Å². The molecule has 24 heavy (non-hydrogen) atoms. The first kappa shape index (κ1) is 15.0. The van der Waals surface area contributed by atoms with Gasteiger partial charge in [0.2, 0.25) is 0 Å². The van der Waals surface area contributed by atoms with Crippen LogP contribution >= 0.6 is 11.3 Å². The van der Waals surface area contributed by atoms with Gasteiger partial charge in [0.15, 0.2) is 9.84 Å². The zero-order chi connectivity index (χ0) is 16.7. The zero-order valence-electron chi connectivity index (χ0n) is 12.6. The van der Waals surface area contributed by atoms with Crippen LogP contribution in [0.25, 0.3) is 32.6 Å². The lowest BCUT2D eigenvalue weighted by Gasteiger charge is -2.05. The number of benzene rings is 1. The Morgan fingerprint density at radius 2 is 1.96 bits per heavy atom. The number of thiophene rings is 1. The number of nitrogens with one attached hydrogen (secondary N) is 1. The summed E-state index contributed by atoms with van der Waals surface area (Å²) in [7, 11) is -3.22. The molecule has 0 unspecified atom stereocenters. The van der Waals surface area contributed by atoms with Crippen LogP contribution in [0.5, 0.6) is 0 Å². The largest absolute Gasteiger partial charge is 0.285 e. The smallest absolute Gasteiger partial charge is 0.184 e. The van der Waals surface area contributed by atoms with Crippen molar-refractivity contribution in [2.24, 2.45) is 0 Å². The van der Waals surface area contributed by atoms with Gasteiger partial charge in [-0.25, -0.2) is 18.4 Å². The fourth-order valence-electron chi connectivity index (χ4n) is 2.49. The molecule has 0 aliphatic carbocycles. The van der Waals surface area contributed by atoms with Crippen LogP contribution < -0.4 is 0 Å². The second-order valence-corrected chi connectivity index (χ2v) is 8.66. The average molecular weight is 356 g/mol. The number of rotatable bonds is 3. The van der Waals surface area contributed by atoms with E-state index >= 15 is 0 Å². The van der Waals surface area contributed by atoms with Crippen LogP contribution in [0.3, 0.4) is 0 Å². The molecule has 6 nitrogen and oxygen atoms in total. The van der Waals surface area contributed by atoms with E-state index in [4.69, 9.17) is 0 Å². The highest BCUT2D eigenvalue weighted by molar-refractivity contribution is 7.92. The van der Waals surface area contributed by atoms with Crippen molar-refractivity contribution >= 4 is 32.1 Å². The van der Waals surface area contributed by atoms with E-state index < -0.39 is 9.84 Å². The van der Waals surface area contributed by atoms with Crippen LogP contribution in [0, 0.1) is 0 Å². The molecule has 3 aromatic heterocycles. The first-order chi connectivity index (χ1) is 11.5. The predicted molar refractivity (Wildman–Crippen MR) is 93.5 cm³/mol. The van der Waals surface area contributed by atoms with Gasteiger partial charge >= 0.3 is 0 Å². The Morgan fingerprint density at radius 1 is 1.08 bits per heavy atom. The number of hydrogen-bond donors (Lipinski definition) is 1. The molecule has 0 saturated carbocycles. The minimum absolute atomic E-state index is 0.329. The summed E-state index contributed by atoms with van der Waals surface area (Å²) < 4.78 is 23.8. The number of hydrogen-bond acceptors (Lipinski definition) is 6. The Labute approximate surface area is 142 Å². The standard InChI is InChI=1S/C16H12N4O2S2/c1-24(21,22)15-5-4-14(23-15)16-12-6-10(11-7-19-20-8-11)2-3-13(12)17-9-18-16/h2-9H,1H3,(H,19,20). The first-order valence-corrected chi connectivity index (χ1v) is 9.77. The Hall–Kier alpha value is -2.58. The molecule has 0 atom stereocenters. The molecule has 8 heteroatoms. The highest BCUT2D eigenvalue weighted by Crippen LogP contribution is 2.34. The van der Waals surface area contributed by atoms with E-state index in [2.05, 4.69) is 20.2 Å². The fraction of sp³-hybridized carbons (Fsp3) is 0.0625. The summed E-state index contributed by atoms with van der Waals surface area (Å²) in [6, 6.07) is 9.29. The number of aromatic amines is 1. The molecular formula is C16H12N4O2S2. The molecule has 0 aliphatic rings. The maximum absolute atomic E-state index is 11.7. The molecule has 0 radical (unpaired) electrons. The number of nitrogens with zero attached hydrogens (tertiary/aromatic N) is 3. The van der Waals surface area contributed by atoms with Gasteiger partial charge in [-0.2, -0.15) is 5.10 Å². The molecule has 0 amide bonds. The molecule has 1 aromatic carbocycles. The lowest BCUT2D eigenvalue weighted by molar-refractivity contribution is 0.604. The van der Waals surface area contributed by atoms with Crippen molar-refractivity contribution in [2.45, 2.75) is 4.21 Å². The van der Waals surface area contributed by atoms with Crippen LogP contribution in [-0.4, -0.2) is 34.8 Å². The van der Waals surface area contributed by atoms with Crippen LogP contribution in [0.15, 0.2) is 53.3 Å². The van der Waals surface area contributed by atoms with Crippen molar-refractivity contribution in [2.75, 3.05) is 6.26 Å². The average Bonchev–Trinajstić information content (AvgIpc) is 3.25. The van der Waals surface area contributed by atoms with Crippen molar-refractivity contribution in [3.63, 3.8) is 0 Å². The van der Waals surface area contributed by atoms with Crippen molar-refractivity contribution in [1.82, 2.24) is 20.2 Å². The van der Waals surface area contributed by atoms with Gasteiger partial charge in [-0.1, -0.05) is 6.07 Å². The molecule has 1 N–H and O–H groups in total. The topological polar surface area (TPSA) is 88.6 Å². The Bertz CT molecular complexity index is 1130. The molecule has 120 valence electrons. The third-order valence-electron chi connectivity index (χ3n) is 3.65. The fourth-order valence-corrected chi connectivity index (χ4v) is 4.43. The first-order valence-electron chi connectivity index (χ1n) is 7.06. The van der Waals surface area contributed by atoms with Gasteiger partial charge < -0.3 is 0 Å². The highest BCUT2D eigenvalue weighted by atomic mass is 32.2. The van der Waals surface area contributed by atoms with E-state index in [1.807, 2.05) is 24.4 Å². The molecule has 4 aromatic rings. The summed E-state index contributed by atoms with van der Waals surface area (Å²) in [6.07, 6.45) is 6.27. The Balaban J connectivity index is 1.92. The van der Waals surface area contributed by atoms with Gasteiger partial charge in [0.05, 0.1) is 22.3 Å². The molecule has 0 fully saturated rings. The normalized spacial score (nSPS) is 11.9. The predicted octanol–water partition coefficient (Wildman–Crippen LogP) is 3.15. The van der Waals surface area contributed by atoms with E-state index in [1.165, 1.54) is 23.9 Å². The van der Waals surface area contributed by atoms with E-state index in [0.717, 1.165) is 32.6 Å². The summed E-state index contributed by atoms with van der Waals surface area (Å²) in [5.74, 6) is 0. The molecule has 3 heterocycles. The monoisotopic (exact) mass is 356 g/mol. The molecular weight excluding hydrogens is 344 g/mol.